The van der Waals surface area contributed by atoms with E-state index in [-0.39, 0.29) is 0 Å². The SMILES string of the molecule is O=Cc1c(Br)n(Cc2ccccc2C#Cc2ccccc2)c2ccccc12. The highest BCUT2D eigenvalue weighted by molar-refractivity contribution is 9.10. The van der Waals surface area contributed by atoms with Crippen LogP contribution in [0.15, 0.2) is 83.5 Å². The van der Waals surface area contributed by atoms with E-state index < -0.39 is 0 Å². The Hall–Kier alpha value is -3.09. The van der Waals surface area contributed by atoms with Crippen molar-refractivity contribution in [1.29, 1.82) is 0 Å². The zero-order chi connectivity index (χ0) is 18.6. The van der Waals surface area contributed by atoms with E-state index in [1.165, 1.54) is 0 Å². The number of para-hydroxylation sites is 1. The largest absolute Gasteiger partial charge is 0.330 e. The highest BCUT2D eigenvalue weighted by Gasteiger charge is 2.15. The summed E-state index contributed by atoms with van der Waals surface area (Å²) in [6, 6.07) is 26.0. The molecule has 0 N–H and O–H groups in total. The molecule has 0 aliphatic heterocycles. The second-order valence-corrected chi connectivity index (χ2v) is 6.95. The van der Waals surface area contributed by atoms with Gasteiger partial charge in [-0.1, -0.05) is 66.4 Å². The van der Waals surface area contributed by atoms with E-state index in [9.17, 15) is 4.79 Å². The molecule has 3 aromatic carbocycles. The third-order valence-electron chi connectivity index (χ3n) is 4.52. The minimum absolute atomic E-state index is 0.634. The number of aldehydes is 1. The average molecular weight is 414 g/mol. The summed E-state index contributed by atoms with van der Waals surface area (Å²) in [4.78, 5) is 11.6. The fourth-order valence-electron chi connectivity index (χ4n) is 3.18. The fraction of sp³-hybridized carbons (Fsp3) is 0.0417. The van der Waals surface area contributed by atoms with E-state index >= 15 is 0 Å². The molecule has 0 fully saturated rings. The van der Waals surface area contributed by atoms with Crippen LogP contribution >= 0.6 is 15.9 Å². The van der Waals surface area contributed by atoms with Gasteiger partial charge in [-0.25, -0.2) is 0 Å². The van der Waals surface area contributed by atoms with Gasteiger partial charge in [-0.3, -0.25) is 4.79 Å². The Kier molecular flexibility index (Phi) is 4.91. The van der Waals surface area contributed by atoms with Crippen LogP contribution in [0.2, 0.25) is 0 Å². The van der Waals surface area contributed by atoms with Crippen molar-refractivity contribution in [2.75, 3.05) is 0 Å². The van der Waals surface area contributed by atoms with Crippen molar-refractivity contribution in [2.24, 2.45) is 0 Å². The first-order valence-corrected chi connectivity index (χ1v) is 9.44. The van der Waals surface area contributed by atoms with Gasteiger partial charge in [-0.15, -0.1) is 0 Å². The quantitative estimate of drug-likeness (QED) is 0.313. The summed E-state index contributed by atoms with van der Waals surface area (Å²) in [5.41, 5.74) is 4.79. The van der Waals surface area contributed by atoms with Gasteiger partial charge in [0.15, 0.2) is 6.29 Å². The number of benzene rings is 3. The minimum Gasteiger partial charge on any atom is -0.330 e. The molecular weight excluding hydrogens is 398 g/mol. The molecule has 3 heteroatoms. The van der Waals surface area contributed by atoms with E-state index in [0.717, 1.165) is 38.5 Å². The van der Waals surface area contributed by atoms with Crippen molar-refractivity contribution in [3.05, 3.63) is 106 Å². The summed E-state index contributed by atoms with van der Waals surface area (Å²) < 4.78 is 2.91. The van der Waals surface area contributed by atoms with E-state index in [2.05, 4.69) is 38.4 Å². The maximum Gasteiger partial charge on any atom is 0.153 e. The summed E-state index contributed by atoms with van der Waals surface area (Å²) >= 11 is 3.61. The molecule has 0 atom stereocenters. The molecule has 4 aromatic rings. The van der Waals surface area contributed by atoms with Crippen molar-refractivity contribution in [3.8, 4) is 11.8 Å². The fourth-order valence-corrected chi connectivity index (χ4v) is 3.80. The topological polar surface area (TPSA) is 22.0 Å². The van der Waals surface area contributed by atoms with Crippen LogP contribution in [0.25, 0.3) is 10.9 Å². The number of halogens is 1. The molecule has 0 radical (unpaired) electrons. The highest BCUT2D eigenvalue weighted by atomic mass is 79.9. The molecule has 0 aliphatic carbocycles. The van der Waals surface area contributed by atoms with Crippen molar-refractivity contribution < 1.29 is 4.79 Å². The molecule has 0 saturated carbocycles. The van der Waals surface area contributed by atoms with Crippen molar-refractivity contribution >= 4 is 33.1 Å². The van der Waals surface area contributed by atoms with Gasteiger partial charge in [-0.2, -0.15) is 0 Å². The maximum absolute atomic E-state index is 11.6. The first-order chi connectivity index (χ1) is 13.3. The van der Waals surface area contributed by atoms with Crippen LogP contribution in [0.3, 0.4) is 0 Å². The monoisotopic (exact) mass is 413 g/mol. The van der Waals surface area contributed by atoms with Gasteiger partial charge in [0.05, 0.1) is 10.2 Å². The Morgan fingerprint density at radius 2 is 1.56 bits per heavy atom. The van der Waals surface area contributed by atoms with E-state index in [0.29, 0.717) is 12.1 Å². The van der Waals surface area contributed by atoms with Gasteiger partial charge >= 0.3 is 0 Å². The number of hydrogen-bond donors (Lipinski definition) is 0. The van der Waals surface area contributed by atoms with Gasteiger partial charge in [0, 0.05) is 28.6 Å². The molecule has 1 aromatic heterocycles. The standard InChI is InChI=1S/C24H16BrNO/c25-24-22(17-27)21-12-6-7-13-23(21)26(24)16-20-11-5-4-10-19(20)15-14-18-8-2-1-3-9-18/h1-13,17H,16H2. The van der Waals surface area contributed by atoms with Gasteiger partial charge in [0.2, 0.25) is 0 Å². The second-order valence-electron chi connectivity index (χ2n) is 6.20. The molecule has 0 saturated heterocycles. The van der Waals surface area contributed by atoms with Crippen LogP contribution in [0.1, 0.15) is 27.0 Å². The minimum atomic E-state index is 0.634. The number of carbonyl (C=O) groups is 1. The van der Waals surface area contributed by atoms with Crippen molar-refractivity contribution in [3.63, 3.8) is 0 Å². The molecule has 130 valence electrons. The zero-order valence-electron chi connectivity index (χ0n) is 14.5. The lowest BCUT2D eigenvalue weighted by atomic mass is 10.1. The number of carbonyl (C=O) groups excluding carboxylic acids is 1. The van der Waals surface area contributed by atoms with Crippen molar-refractivity contribution in [1.82, 2.24) is 4.57 Å². The maximum atomic E-state index is 11.6. The summed E-state index contributed by atoms with van der Waals surface area (Å²) in [6.45, 7) is 0.634. The van der Waals surface area contributed by atoms with E-state index in [1.54, 1.807) is 0 Å². The molecule has 4 rings (SSSR count). The van der Waals surface area contributed by atoms with Crippen LogP contribution in [0.4, 0.5) is 0 Å². The zero-order valence-corrected chi connectivity index (χ0v) is 16.1. The summed E-state index contributed by atoms with van der Waals surface area (Å²) in [5, 5.41) is 0.951. The van der Waals surface area contributed by atoms with Crippen LogP contribution in [-0.2, 0) is 6.54 Å². The molecular formula is C24H16BrNO. The summed E-state index contributed by atoms with van der Waals surface area (Å²) in [5.74, 6) is 6.52. The Morgan fingerprint density at radius 1 is 0.852 bits per heavy atom. The molecule has 0 unspecified atom stereocenters. The second kappa shape index (κ2) is 7.65. The van der Waals surface area contributed by atoms with Crippen molar-refractivity contribution in [2.45, 2.75) is 6.54 Å². The lowest BCUT2D eigenvalue weighted by Crippen LogP contribution is -2.02. The Labute approximate surface area is 166 Å². The third kappa shape index (κ3) is 3.45. The highest BCUT2D eigenvalue weighted by Crippen LogP contribution is 2.30. The molecule has 0 amide bonds. The van der Waals surface area contributed by atoms with Crippen LogP contribution in [0, 0.1) is 11.8 Å². The lowest BCUT2D eigenvalue weighted by molar-refractivity contribution is 0.112. The molecule has 1 heterocycles. The number of fused-ring (bicyclic) bond motifs is 1. The van der Waals surface area contributed by atoms with Crippen LogP contribution in [-0.4, -0.2) is 10.9 Å². The van der Waals surface area contributed by atoms with Crippen LogP contribution in [0.5, 0.6) is 0 Å². The first-order valence-electron chi connectivity index (χ1n) is 8.65. The summed E-state index contributed by atoms with van der Waals surface area (Å²) in [6.07, 6.45) is 0.907. The van der Waals surface area contributed by atoms with Gasteiger partial charge < -0.3 is 4.57 Å². The predicted molar refractivity (Wildman–Crippen MR) is 113 cm³/mol. The lowest BCUT2D eigenvalue weighted by Gasteiger charge is -2.09. The molecule has 0 bridgehead atoms. The smallest absolute Gasteiger partial charge is 0.153 e. The van der Waals surface area contributed by atoms with E-state index in [1.807, 2.05) is 72.8 Å². The molecule has 27 heavy (non-hydrogen) atoms. The normalized spacial score (nSPS) is 10.4. The Bertz CT molecular complexity index is 1180. The number of rotatable bonds is 3. The predicted octanol–water partition coefficient (Wildman–Crippen LogP) is 5.66. The summed E-state index contributed by atoms with van der Waals surface area (Å²) in [7, 11) is 0. The van der Waals surface area contributed by atoms with Gasteiger partial charge in [-0.05, 0) is 45.8 Å². The Balaban J connectivity index is 1.77. The number of hydrogen-bond acceptors (Lipinski definition) is 1. The number of nitrogens with zero attached hydrogens (tertiary/aromatic N) is 1. The Morgan fingerprint density at radius 3 is 2.37 bits per heavy atom. The number of aromatic nitrogens is 1. The van der Waals surface area contributed by atoms with Gasteiger partial charge in [0.1, 0.15) is 0 Å². The van der Waals surface area contributed by atoms with Gasteiger partial charge in [0.25, 0.3) is 0 Å². The third-order valence-corrected chi connectivity index (χ3v) is 5.38. The first kappa shape index (κ1) is 17.3. The van der Waals surface area contributed by atoms with E-state index in [4.69, 9.17) is 0 Å². The average Bonchev–Trinajstić information content (AvgIpc) is 2.99. The van der Waals surface area contributed by atoms with Crippen LogP contribution < -0.4 is 0 Å². The molecule has 0 spiro atoms. The molecule has 0 aliphatic rings. The molecule has 2 nitrogen and oxygen atoms in total.